The number of carbonyl (C=O) groups excluding carboxylic acids is 1. The molecule has 0 N–H and O–H groups in total. The van der Waals surface area contributed by atoms with E-state index in [1.54, 1.807) is 4.68 Å². The number of anilines is 1. The van der Waals surface area contributed by atoms with Crippen LogP contribution in [0.25, 0.3) is 5.69 Å². The molecule has 2 fully saturated rings. The molecule has 138 valence electrons. The van der Waals surface area contributed by atoms with Gasteiger partial charge in [0.05, 0.1) is 11.8 Å². The standard InChI is InChI=1S/C18H24N6O2/c25-17(14-26-16-8-4-5-9-16)22-10-12-23(13-11-22)18-19-20-21-24(18)15-6-2-1-3-7-15/h1-3,6-7,16H,4-5,8-14H2. The van der Waals surface area contributed by atoms with Crippen molar-refractivity contribution >= 4 is 11.9 Å². The maximum atomic E-state index is 12.4. The van der Waals surface area contributed by atoms with Gasteiger partial charge in [-0.3, -0.25) is 4.79 Å². The highest BCUT2D eigenvalue weighted by molar-refractivity contribution is 5.77. The van der Waals surface area contributed by atoms with Crippen LogP contribution in [-0.2, 0) is 9.53 Å². The summed E-state index contributed by atoms with van der Waals surface area (Å²) >= 11 is 0. The number of piperazine rings is 1. The Hall–Kier alpha value is -2.48. The number of carbonyl (C=O) groups is 1. The van der Waals surface area contributed by atoms with E-state index in [9.17, 15) is 4.79 Å². The van der Waals surface area contributed by atoms with E-state index in [2.05, 4.69) is 20.4 Å². The van der Waals surface area contributed by atoms with Crippen LogP contribution < -0.4 is 4.90 Å². The number of tetrazole rings is 1. The molecule has 0 atom stereocenters. The lowest BCUT2D eigenvalue weighted by atomic mass is 10.3. The Morgan fingerprint density at radius 3 is 2.54 bits per heavy atom. The average molecular weight is 356 g/mol. The van der Waals surface area contributed by atoms with Crippen LogP contribution in [0.1, 0.15) is 25.7 Å². The van der Waals surface area contributed by atoms with E-state index < -0.39 is 0 Å². The minimum atomic E-state index is 0.0826. The fourth-order valence-electron chi connectivity index (χ4n) is 3.61. The lowest BCUT2D eigenvalue weighted by Gasteiger charge is -2.34. The molecular formula is C18H24N6O2. The quantitative estimate of drug-likeness (QED) is 0.803. The third-order valence-electron chi connectivity index (χ3n) is 5.11. The summed E-state index contributed by atoms with van der Waals surface area (Å²) in [5, 5.41) is 12.1. The molecule has 1 aliphatic heterocycles. The molecule has 1 aliphatic carbocycles. The molecule has 8 heteroatoms. The lowest BCUT2D eigenvalue weighted by Crippen LogP contribution is -2.50. The zero-order valence-electron chi connectivity index (χ0n) is 14.8. The third kappa shape index (κ3) is 3.70. The molecule has 2 heterocycles. The second kappa shape index (κ2) is 7.82. The molecule has 1 aromatic heterocycles. The summed E-state index contributed by atoms with van der Waals surface area (Å²) in [4.78, 5) is 16.4. The van der Waals surface area contributed by atoms with Gasteiger partial charge >= 0.3 is 0 Å². The van der Waals surface area contributed by atoms with Gasteiger partial charge in [0.15, 0.2) is 0 Å². The van der Waals surface area contributed by atoms with Crippen LogP contribution in [0.5, 0.6) is 0 Å². The lowest BCUT2D eigenvalue weighted by molar-refractivity contribution is -0.138. The molecule has 0 radical (unpaired) electrons. The van der Waals surface area contributed by atoms with Gasteiger partial charge in [0.2, 0.25) is 11.9 Å². The maximum absolute atomic E-state index is 12.4. The molecule has 1 saturated carbocycles. The molecule has 1 amide bonds. The van der Waals surface area contributed by atoms with E-state index in [1.165, 1.54) is 12.8 Å². The largest absolute Gasteiger partial charge is 0.368 e. The minimum absolute atomic E-state index is 0.0826. The van der Waals surface area contributed by atoms with Gasteiger partial charge in [0.1, 0.15) is 6.61 Å². The van der Waals surface area contributed by atoms with Crippen molar-refractivity contribution in [3.05, 3.63) is 30.3 Å². The fourth-order valence-corrected chi connectivity index (χ4v) is 3.61. The molecule has 2 aromatic rings. The van der Waals surface area contributed by atoms with Crippen molar-refractivity contribution in [2.24, 2.45) is 0 Å². The number of rotatable bonds is 5. The van der Waals surface area contributed by atoms with Gasteiger partial charge in [-0.05, 0) is 35.4 Å². The van der Waals surface area contributed by atoms with Gasteiger partial charge in [-0.2, -0.15) is 4.68 Å². The Kier molecular flexibility index (Phi) is 5.10. The summed E-state index contributed by atoms with van der Waals surface area (Å²) in [6.07, 6.45) is 4.88. The van der Waals surface area contributed by atoms with Crippen LogP contribution in [0.3, 0.4) is 0 Å². The first-order chi connectivity index (χ1) is 12.8. The molecule has 1 aromatic carbocycles. The molecular weight excluding hydrogens is 332 g/mol. The molecule has 26 heavy (non-hydrogen) atoms. The van der Waals surface area contributed by atoms with Gasteiger partial charge in [-0.15, -0.1) is 0 Å². The molecule has 1 saturated heterocycles. The van der Waals surface area contributed by atoms with E-state index in [0.717, 1.165) is 18.5 Å². The smallest absolute Gasteiger partial charge is 0.250 e. The third-order valence-corrected chi connectivity index (χ3v) is 5.11. The summed E-state index contributed by atoms with van der Waals surface area (Å²) in [6, 6.07) is 9.83. The van der Waals surface area contributed by atoms with Crippen molar-refractivity contribution in [1.29, 1.82) is 0 Å². The van der Waals surface area contributed by atoms with E-state index in [-0.39, 0.29) is 18.6 Å². The monoisotopic (exact) mass is 356 g/mol. The number of nitrogens with zero attached hydrogens (tertiary/aromatic N) is 6. The van der Waals surface area contributed by atoms with E-state index in [0.29, 0.717) is 32.1 Å². The summed E-state index contributed by atoms with van der Waals surface area (Å²) in [7, 11) is 0. The van der Waals surface area contributed by atoms with Crippen LogP contribution in [0.4, 0.5) is 5.95 Å². The number of benzene rings is 1. The summed E-state index contributed by atoms with van der Waals surface area (Å²) < 4.78 is 7.49. The number of amides is 1. The summed E-state index contributed by atoms with van der Waals surface area (Å²) in [5.74, 6) is 0.796. The Labute approximate surface area is 152 Å². The minimum Gasteiger partial charge on any atom is -0.368 e. The van der Waals surface area contributed by atoms with E-state index in [4.69, 9.17) is 4.74 Å². The van der Waals surface area contributed by atoms with Crippen molar-refractivity contribution in [3.63, 3.8) is 0 Å². The first-order valence-electron chi connectivity index (χ1n) is 9.29. The SMILES string of the molecule is O=C(COC1CCCC1)N1CCN(c2nnnn2-c2ccccc2)CC1. The average Bonchev–Trinajstić information content (AvgIpc) is 3.39. The van der Waals surface area contributed by atoms with Crippen molar-refractivity contribution in [2.45, 2.75) is 31.8 Å². The number of hydrogen-bond acceptors (Lipinski definition) is 6. The molecule has 4 rings (SSSR count). The first-order valence-corrected chi connectivity index (χ1v) is 9.29. The van der Waals surface area contributed by atoms with E-state index >= 15 is 0 Å². The Morgan fingerprint density at radius 1 is 1.08 bits per heavy atom. The topological polar surface area (TPSA) is 76.4 Å². The zero-order chi connectivity index (χ0) is 17.8. The van der Waals surface area contributed by atoms with Crippen molar-refractivity contribution in [3.8, 4) is 5.69 Å². The van der Waals surface area contributed by atoms with Gasteiger partial charge in [-0.1, -0.05) is 36.1 Å². The van der Waals surface area contributed by atoms with Crippen molar-refractivity contribution in [1.82, 2.24) is 25.1 Å². The molecule has 0 bridgehead atoms. The van der Waals surface area contributed by atoms with Gasteiger partial charge in [0, 0.05) is 26.2 Å². The van der Waals surface area contributed by atoms with Gasteiger partial charge in [0.25, 0.3) is 0 Å². The molecule has 0 unspecified atom stereocenters. The normalized spacial score (nSPS) is 18.5. The molecule has 8 nitrogen and oxygen atoms in total. The highest BCUT2D eigenvalue weighted by Gasteiger charge is 2.26. The predicted octanol–water partition coefficient (Wildman–Crippen LogP) is 1.27. The van der Waals surface area contributed by atoms with Crippen LogP contribution in [-0.4, -0.2) is 69.9 Å². The maximum Gasteiger partial charge on any atom is 0.250 e. The van der Waals surface area contributed by atoms with Gasteiger partial charge < -0.3 is 14.5 Å². The Bertz CT molecular complexity index is 720. The Balaban J connectivity index is 1.33. The molecule has 2 aliphatic rings. The van der Waals surface area contributed by atoms with Crippen molar-refractivity contribution < 1.29 is 9.53 Å². The number of para-hydroxylation sites is 1. The van der Waals surface area contributed by atoms with Gasteiger partial charge in [-0.25, -0.2) is 0 Å². The van der Waals surface area contributed by atoms with Crippen LogP contribution >= 0.6 is 0 Å². The van der Waals surface area contributed by atoms with Crippen molar-refractivity contribution in [2.75, 3.05) is 37.7 Å². The fraction of sp³-hybridized carbons (Fsp3) is 0.556. The second-order valence-electron chi connectivity index (χ2n) is 6.81. The number of hydrogen-bond donors (Lipinski definition) is 0. The summed E-state index contributed by atoms with van der Waals surface area (Å²) in [5.41, 5.74) is 0.927. The number of ether oxygens (including phenoxy) is 1. The highest BCUT2D eigenvalue weighted by Crippen LogP contribution is 2.21. The predicted molar refractivity (Wildman–Crippen MR) is 96.2 cm³/mol. The van der Waals surface area contributed by atoms with Crippen LogP contribution in [0.2, 0.25) is 0 Å². The second-order valence-corrected chi connectivity index (χ2v) is 6.81. The summed E-state index contributed by atoms with van der Waals surface area (Å²) in [6.45, 7) is 2.94. The zero-order valence-corrected chi connectivity index (χ0v) is 14.8. The highest BCUT2D eigenvalue weighted by atomic mass is 16.5. The van der Waals surface area contributed by atoms with Crippen LogP contribution in [0.15, 0.2) is 30.3 Å². The Morgan fingerprint density at radius 2 is 1.81 bits per heavy atom. The van der Waals surface area contributed by atoms with Crippen LogP contribution in [0, 0.1) is 0 Å². The molecule has 0 spiro atoms. The number of aromatic nitrogens is 4. The van der Waals surface area contributed by atoms with E-state index in [1.807, 2.05) is 35.2 Å². The first kappa shape index (κ1) is 17.0.